The molecule has 0 saturated heterocycles. The molecule has 1 unspecified atom stereocenters. The molecular weight excluding hydrogens is 729 g/mol. The molecular formula is C45H80NO9P. The van der Waals surface area contributed by atoms with Gasteiger partial charge in [0.2, 0.25) is 0 Å². The SMILES string of the molecule is CCCCCCCC/C=C\CCCCCCCCCC(=O)OC[C@H](COP(=O)(O)OCCN)OC(=O)CCC/C=C\C/C=C\C/C=C\C/C=C\[C@H](O)CCCC. The third-order valence-electron chi connectivity index (χ3n) is 8.95. The van der Waals surface area contributed by atoms with Crippen LogP contribution in [0.4, 0.5) is 0 Å². The van der Waals surface area contributed by atoms with Crippen LogP contribution in [0.5, 0.6) is 0 Å². The summed E-state index contributed by atoms with van der Waals surface area (Å²) in [6.07, 6.45) is 44.5. The Morgan fingerprint density at radius 1 is 0.607 bits per heavy atom. The molecule has 0 amide bonds. The first-order valence-electron chi connectivity index (χ1n) is 21.9. The van der Waals surface area contributed by atoms with E-state index >= 15 is 0 Å². The van der Waals surface area contributed by atoms with Crippen molar-refractivity contribution < 1.29 is 42.7 Å². The highest BCUT2D eigenvalue weighted by atomic mass is 31.2. The van der Waals surface area contributed by atoms with Gasteiger partial charge in [0, 0.05) is 19.4 Å². The highest BCUT2D eigenvalue weighted by Gasteiger charge is 2.25. The van der Waals surface area contributed by atoms with E-state index in [1.165, 1.54) is 64.2 Å². The number of esters is 2. The zero-order chi connectivity index (χ0) is 41.2. The molecule has 0 bridgehead atoms. The van der Waals surface area contributed by atoms with Gasteiger partial charge in [-0.25, -0.2) is 4.57 Å². The number of rotatable bonds is 40. The summed E-state index contributed by atoms with van der Waals surface area (Å²) in [5.74, 6) is -0.925. The summed E-state index contributed by atoms with van der Waals surface area (Å²) in [7, 11) is -4.40. The normalized spacial score (nSPS) is 14.4. The van der Waals surface area contributed by atoms with Gasteiger partial charge in [0.05, 0.1) is 19.3 Å². The Bertz CT molecular complexity index is 1120. The van der Waals surface area contributed by atoms with Crippen LogP contribution in [-0.4, -0.2) is 60.5 Å². The Morgan fingerprint density at radius 3 is 1.71 bits per heavy atom. The minimum absolute atomic E-state index is 0.0351. The van der Waals surface area contributed by atoms with E-state index in [-0.39, 0.29) is 38.7 Å². The van der Waals surface area contributed by atoms with Crippen molar-refractivity contribution in [2.24, 2.45) is 5.73 Å². The fourth-order valence-electron chi connectivity index (χ4n) is 5.64. The Labute approximate surface area is 341 Å². The van der Waals surface area contributed by atoms with Crippen molar-refractivity contribution >= 4 is 19.8 Å². The molecule has 0 radical (unpaired) electrons. The molecule has 324 valence electrons. The van der Waals surface area contributed by atoms with E-state index in [4.69, 9.17) is 24.3 Å². The van der Waals surface area contributed by atoms with Crippen LogP contribution in [0.25, 0.3) is 0 Å². The molecule has 56 heavy (non-hydrogen) atoms. The highest BCUT2D eigenvalue weighted by molar-refractivity contribution is 7.47. The number of carbonyl (C=O) groups excluding carboxylic acids is 2. The van der Waals surface area contributed by atoms with E-state index in [0.717, 1.165) is 64.2 Å². The summed E-state index contributed by atoms with van der Waals surface area (Å²) in [5.41, 5.74) is 5.34. The number of hydrogen-bond donors (Lipinski definition) is 3. The van der Waals surface area contributed by atoms with E-state index in [1.807, 2.05) is 24.3 Å². The average Bonchev–Trinajstić information content (AvgIpc) is 3.18. The van der Waals surface area contributed by atoms with E-state index in [2.05, 4.69) is 50.3 Å². The standard InChI is InChI=1S/C45H80NO9P/c1-3-5-7-8-9-10-11-12-13-14-15-16-20-23-26-29-32-36-44(48)52-40-43(41-54-56(50,51)53-39-38-46)55-45(49)37-33-30-27-24-21-18-17-19-22-25-28-31-35-42(47)34-6-4-2/h12-13,17-18,22,24-25,27,31,35,42-43,47H,3-11,14-16,19-21,23,26,28-30,32-34,36-41,46H2,1-2H3,(H,50,51)/b13-12-,18-17-,25-22-,27-24-,35-31-/t42-,43-/m1/s1. The van der Waals surface area contributed by atoms with Gasteiger partial charge < -0.3 is 25.2 Å². The van der Waals surface area contributed by atoms with Crippen LogP contribution < -0.4 is 5.73 Å². The monoisotopic (exact) mass is 810 g/mol. The molecule has 0 saturated carbocycles. The van der Waals surface area contributed by atoms with Crippen LogP contribution in [0.2, 0.25) is 0 Å². The van der Waals surface area contributed by atoms with E-state index in [1.54, 1.807) is 0 Å². The number of nitrogens with two attached hydrogens (primary N) is 1. The van der Waals surface area contributed by atoms with Gasteiger partial charge >= 0.3 is 19.8 Å². The lowest BCUT2D eigenvalue weighted by atomic mass is 10.1. The molecule has 0 aromatic carbocycles. The Kier molecular flexibility index (Phi) is 39.2. The number of carbonyl (C=O) groups is 2. The molecule has 0 heterocycles. The quantitative estimate of drug-likeness (QED) is 0.0236. The third kappa shape index (κ3) is 39.9. The Balaban J connectivity index is 4.29. The van der Waals surface area contributed by atoms with Gasteiger partial charge in [-0.15, -0.1) is 0 Å². The molecule has 0 fully saturated rings. The number of allylic oxidation sites excluding steroid dienone is 9. The van der Waals surface area contributed by atoms with E-state index in [9.17, 15) is 24.2 Å². The number of aliphatic hydroxyl groups is 1. The summed E-state index contributed by atoms with van der Waals surface area (Å²) in [6.45, 7) is 3.48. The fourth-order valence-corrected chi connectivity index (χ4v) is 6.40. The maximum absolute atomic E-state index is 12.6. The van der Waals surface area contributed by atoms with Crippen LogP contribution in [-0.2, 0) is 32.7 Å². The summed E-state index contributed by atoms with van der Waals surface area (Å²) in [5, 5.41) is 9.81. The van der Waals surface area contributed by atoms with Crippen LogP contribution in [0.3, 0.4) is 0 Å². The van der Waals surface area contributed by atoms with Gasteiger partial charge in [0.25, 0.3) is 0 Å². The van der Waals surface area contributed by atoms with Crippen LogP contribution in [0, 0.1) is 0 Å². The molecule has 4 N–H and O–H groups in total. The number of phosphoric ester groups is 1. The van der Waals surface area contributed by atoms with Crippen molar-refractivity contribution in [3.63, 3.8) is 0 Å². The fraction of sp³-hybridized carbons (Fsp3) is 0.733. The first-order chi connectivity index (χ1) is 27.2. The van der Waals surface area contributed by atoms with Gasteiger partial charge in [0.1, 0.15) is 6.61 Å². The second-order valence-electron chi connectivity index (χ2n) is 14.4. The van der Waals surface area contributed by atoms with Crippen molar-refractivity contribution in [3.8, 4) is 0 Å². The van der Waals surface area contributed by atoms with Crippen LogP contribution in [0.1, 0.15) is 174 Å². The summed E-state index contributed by atoms with van der Waals surface area (Å²) < 4.78 is 32.7. The van der Waals surface area contributed by atoms with Crippen LogP contribution in [0.15, 0.2) is 60.8 Å². The minimum Gasteiger partial charge on any atom is -0.462 e. The van der Waals surface area contributed by atoms with Gasteiger partial charge in [-0.05, 0) is 70.6 Å². The lowest BCUT2D eigenvalue weighted by Crippen LogP contribution is -2.29. The topological polar surface area (TPSA) is 155 Å². The lowest BCUT2D eigenvalue weighted by molar-refractivity contribution is -0.161. The number of phosphoric acid groups is 1. The van der Waals surface area contributed by atoms with Gasteiger partial charge in [-0.3, -0.25) is 18.6 Å². The molecule has 11 heteroatoms. The smallest absolute Gasteiger partial charge is 0.462 e. The second-order valence-corrected chi connectivity index (χ2v) is 15.8. The highest BCUT2D eigenvalue weighted by Crippen LogP contribution is 2.43. The molecule has 0 aromatic rings. The van der Waals surface area contributed by atoms with Crippen molar-refractivity contribution in [3.05, 3.63) is 60.8 Å². The van der Waals surface area contributed by atoms with Crippen molar-refractivity contribution in [1.29, 1.82) is 0 Å². The van der Waals surface area contributed by atoms with Gasteiger partial charge in [-0.1, -0.05) is 152 Å². The third-order valence-corrected chi connectivity index (χ3v) is 9.93. The number of hydrogen-bond acceptors (Lipinski definition) is 9. The molecule has 10 nitrogen and oxygen atoms in total. The Hall–Kier alpha value is -2.33. The molecule has 0 spiro atoms. The predicted octanol–water partition coefficient (Wildman–Crippen LogP) is 11.5. The molecule has 0 aliphatic rings. The largest absolute Gasteiger partial charge is 0.472 e. The summed E-state index contributed by atoms with van der Waals surface area (Å²) in [6, 6.07) is 0. The molecule has 3 atom stereocenters. The summed E-state index contributed by atoms with van der Waals surface area (Å²) in [4.78, 5) is 34.8. The first kappa shape index (κ1) is 53.7. The molecule has 0 rings (SSSR count). The maximum atomic E-state index is 12.6. The predicted molar refractivity (Wildman–Crippen MR) is 230 cm³/mol. The van der Waals surface area contributed by atoms with Crippen molar-refractivity contribution in [1.82, 2.24) is 0 Å². The molecule has 0 aliphatic heterocycles. The van der Waals surface area contributed by atoms with Crippen LogP contribution >= 0.6 is 7.82 Å². The van der Waals surface area contributed by atoms with E-state index < -0.39 is 32.5 Å². The minimum atomic E-state index is -4.40. The Morgan fingerprint density at radius 2 is 1.11 bits per heavy atom. The lowest BCUT2D eigenvalue weighted by Gasteiger charge is -2.19. The zero-order valence-corrected chi connectivity index (χ0v) is 36.1. The van der Waals surface area contributed by atoms with Gasteiger partial charge in [0.15, 0.2) is 6.10 Å². The second kappa shape index (κ2) is 40.9. The zero-order valence-electron chi connectivity index (χ0n) is 35.2. The number of unbranched alkanes of at least 4 members (excludes halogenated alkanes) is 15. The number of aliphatic hydroxyl groups excluding tert-OH is 1. The van der Waals surface area contributed by atoms with Gasteiger partial charge in [-0.2, -0.15) is 0 Å². The first-order valence-corrected chi connectivity index (χ1v) is 23.3. The van der Waals surface area contributed by atoms with Crippen molar-refractivity contribution in [2.45, 2.75) is 187 Å². The maximum Gasteiger partial charge on any atom is 0.472 e. The van der Waals surface area contributed by atoms with Crippen molar-refractivity contribution in [2.75, 3.05) is 26.4 Å². The molecule has 0 aromatic heterocycles. The summed E-state index contributed by atoms with van der Waals surface area (Å²) >= 11 is 0. The average molecular weight is 810 g/mol. The molecule has 0 aliphatic carbocycles. The van der Waals surface area contributed by atoms with E-state index in [0.29, 0.717) is 19.3 Å². The number of ether oxygens (including phenoxy) is 2.